The van der Waals surface area contributed by atoms with Crippen LogP contribution >= 0.6 is 0 Å². The van der Waals surface area contributed by atoms with Gasteiger partial charge in [-0.1, -0.05) is 0 Å². The van der Waals surface area contributed by atoms with Crippen LogP contribution in [0.2, 0.25) is 13.3 Å². The average Bonchev–Trinajstić information content (AvgIpc) is 2.85. The van der Waals surface area contributed by atoms with Crippen molar-refractivity contribution < 1.29 is 0 Å². The second-order valence-electron chi connectivity index (χ2n) is 5.97. The Morgan fingerprint density at radius 3 is 1.74 bits per heavy atom. The molecule has 0 fully saturated rings. The van der Waals surface area contributed by atoms with Crippen molar-refractivity contribution >= 4 is 22.1 Å². The summed E-state index contributed by atoms with van der Waals surface area (Å²) in [5.41, 5.74) is 0. The van der Waals surface area contributed by atoms with Gasteiger partial charge in [-0.05, 0) is 0 Å². The molecule has 0 spiro atoms. The molecule has 1 rings (SSSR count). The van der Waals surface area contributed by atoms with Crippen LogP contribution in [0.3, 0.4) is 0 Å². The van der Waals surface area contributed by atoms with Gasteiger partial charge in [-0.15, -0.1) is 0 Å². The summed E-state index contributed by atoms with van der Waals surface area (Å²) in [5.74, 6) is 0. The molecule has 0 saturated carbocycles. The summed E-state index contributed by atoms with van der Waals surface area (Å²) in [6.45, 7) is 6.98. The van der Waals surface area contributed by atoms with Gasteiger partial charge in [-0.3, -0.25) is 0 Å². The van der Waals surface area contributed by atoms with E-state index in [-0.39, 0.29) is 0 Å². The SMILES string of the molecule is CCC[CH2][Sn]([CH2]CCC)([CH2]CCC)[c]1ccn(C)n1. The molecular formula is C16H32N2Sn. The fraction of sp³-hybridized carbons (Fsp3) is 0.812. The molecule has 3 heteroatoms. The topological polar surface area (TPSA) is 17.8 Å². The van der Waals surface area contributed by atoms with Crippen molar-refractivity contribution in [3.05, 3.63) is 12.3 Å². The first-order valence-electron chi connectivity index (χ1n) is 8.18. The van der Waals surface area contributed by atoms with Crippen molar-refractivity contribution in [1.29, 1.82) is 0 Å². The van der Waals surface area contributed by atoms with Crippen molar-refractivity contribution in [3.63, 3.8) is 0 Å². The van der Waals surface area contributed by atoms with E-state index in [1.807, 2.05) is 4.68 Å². The molecule has 0 aliphatic heterocycles. The van der Waals surface area contributed by atoms with E-state index in [1.54, 1.807) is 3.71 Å². The van der Waals surface area contributed by atoms with Crippen molar-refractivity contribution in [3.8, 4) is 0 Å². The van der Waals surface area contributed by atoms with Crippen LogP contribution in [-0.2, 0) is 7.05 Å². The number of hydrogen-bond donors (Lipinski definition) is 0. The predicted molar refractivity (Wildman–Crippen MR) is 87.7 cm³/mol. The summed E-state index contributed by atoms with van der Waals surface area (Å²) in [5, 5.41) is 4.85. The summed E-state index contributed by atoms with van der Waals surface area (Å²) in [7, 11) is 2.07. The van der Waals surface area contributed by atoms with Gasteiger partial charge in [-0.25, -0.2) is 0 Å². The maximum atomic E-state index is 4.85. The number of aromatic nitrogens is 2. The molecule has 0 unspecified atom stereocenters. The molecular weight excluding hydrogens is 339 g/mol. The van der Waals surface area contributed by atoms with E-state index in [1.165, 1.54) is 51.8 Å². The third kappa shape index (κ3) is 5.13. The zero-order chi connectivity index (χ0) is 14.1. The van der Waals surface area contributed by atoms with Crippen LogP contribution in [0, 0.1) is 0 Å². The predicted octanol–water partition coefficient (Wildman–Crippen LogP) is 4.48. The Balaban J connectivity index is 2.93. The van der Waals surface area contributed by atoms with Gasteiger partial charge in [0.25, 0.3) is 0 Å². The zero-order valence-electron chi connectivity index (χ0n) is 13.4. The van der Waals surface area contributed by atoms with Gasteiger partial charge in [0, 0.05) is 0 Å². The Bertz CT molecular complexity index is 324. The van der Waals surface area contributed by atoms with Crippen molar-refractivity contribution in [1.82, 2.24) is 9.78 Å². The van der Waals surface area contributed by atoms with Crippen LogP contribution in [0.15, 0.2) is 12.3 Å². The fourth-order valence-electron chi connectivity index (χ4n) is 3.00. The second-order valence-corrected chi connectivity index (χ2v) is 19.0. The molecule has 0 radical (unpaired) electrons. The van der Waals surface area contributed by atoms with Crippen LogP contribution in [0.25, 0.3) is 0 Å². The summed E-state index contributed by atoms with van der Waals surface area (Å²) in [6, 6.07) is 2.34. The normalized spacial score (nSPS) is 12.0. The summed E-state index contributed by atoms with van der Waals surface area (Å²) < 4.78 is 8.12. The molecule has 0 aromatic carbocycles. The van der Waals surface area contributed by atoms with E-state index < -0.39 is 18.4 Å². The molecule has 1 aromatic heterocycles. The average molecular weight is 371 g/mol. The van der Waals surface area contributed by atoms with Gasteiger partial charge in [0.1, 0.15) is 0 Å². The molecule has 0 bridgehead atoms. The van der Waals surface area contributed by atoms with Crippen molar-refractivity contribution in [2.24, 2.45) is 7.05 Å². The van der Waals surface area contributed by atoms with Crippen molar-refractivity contribution in [2.45, 2.75) is 72.6 Å². The van der Waals surface area contributed by atoms with Crippen LogP contribution in [-0.4, -0.2) is 28.2 Å². The zero-order valence-corrected chi connectivity index (χ0v) is 16.3. The summed E-state index contributed by atoms with van der Waals surface area (Å²) >= 11 is -2.21. The quantitative estimate of drug-likeness (QED) is 0.555. The first-order chi connectivity index (χ1) is 9.18. The van der Waals surface area contributed by atoms with Gasteiger partial charge in [0.15, 0.2) is 0 Å². The molecule has 110 valence electrons. The minimum atomic E-state index is -2.21. The van der Waals surface area contributed by atoms with E-state index >= 15 is 0 Å². The first-order valence-corrected chi connectivity index (χ1v) is 15.7. The van der Waals surface area contributed by atoms with E-state index in [4.69, 9.17) is 5.10 Å². The molecule has 1 aromatic rings. The molecule has 0 N–H and O–H groups in total. The fourth-order valence-corrected chi connectivity index (χ4v) is 18.4. The molecule has 0 amide bonds. The number of rotatable bonds is 10. The van der Waals surface area contributed by atoms with Gasteiger partial charge in [0.2, 0.25) is 0 Å². The Labute approximate surface area is 123 Å². The van der Waals surface area contributed by atoms with Crippen LogP contribution in [0.4, 0.5) is 0 Å². The standard InChI is InChI=1S/C4H5N2.3C4H9.Sn/c1-6-4-2-3-5-6;3*1-3-4-2;/h2,4H,1H3;3*1,3-4H2,2H3;. The summed E-state index contributed by atoms with van der Waals surface area (Å²) in [4.78, 5) is 0. The van der Waals surface area contributed by atoms with E-state index in [0.29, 0.717) is 0 Å². The van der Waals surface area contributed by atoms with Crippen LogP contribution < -0.4 is 3.71 Å². The van der Waals surface area contributed by atoms with Gasteiger partial charge < -0.3 is 0 Å². The minimum absolute atomic E-state index is 1.34. The van der Waals surface area contributed by atoms with Crippen LogP contribution in [0.5, 0.6) is 0 Å². The molecule has 0 aliphatic carbocycles. The number of aryl methyl sites for hydroxylation is 1. The molecule has 1 heterocycles. The number of unbranched alkanes of at least 4 members (excludes halogenated alkanes) is 3. The maximum absolute atomic E-state index is 4.85. The monoisotopic (exact) mass is 372 g/mol. The van der Waals surface area contributed by atoms with E-state index in [2.05, 4.69) is 40.1 Å². The van der Waals surface area contributed by atoms with Crippen molar-refractivity contribution in [2.75, 3.05) is 0 Å². The third-order valence-electron chi connectivity index (χ3n) is 4.28. The number of nitrogens with zero attached hydrogens (tertiary/aromatic N) is 2. The summed E-state index contributed by atoms with van der Waals surface area (Å²) in [6.07, 6.45) is 10.4. The van der Waals surface area contributed by atoms with E-state index in [9.17, 15) is 0 Å². The van der Waals surface area contributed by atoms with E-state index in [0.717, 1.165) is 0 Å². The molecule has 0 atom stereocenters. The van der Waals surface area contributed by atoms with Crippen LogP contribution in [0.1, 0.15) is 59.3 Å². The first kappa shape index (κ1) is 17.1. The molecule has 2 nitrogen and oxygen atoms in total. The third-order valence-corrected chi connectivity index (χ3v) is 19.4. The van der Waals surface area contributed by atoms with Gasteiger partial charge in [-0.2, -0.15) is 0 Å². The second kappa shape index (κ2) is 9.04. The number of hydrogen-bond acceptors (Lipinski definition) is 1. The Morgan fingerprint density at radius 1 is 0.947 bits per heavy atom. The Kier molecular flexibility index (Phi) is 8.12. The van der Waals surface area contributed by atoms with Gasteiger partial charge in [0.05, 0.1) is 0 Å². The molecule has 0 aliphatic rings. The Hall–Kier alpha value is 0.00870. The molecule has 0 saturated heterocycles. The Morgan fingerprint density at radius 2 is 1.42 bits per heavy atom. The van der Waals surface area contributed by atoms with Gasteiger partial charge >= 0.3 is 124 Å². The molecule has 19 heavy (non-hydrogen) atoms.